The van der Waals surface area contributed by atoms with E-state index in [2.05, 4.69) is 21.3 Å². The molecular formula is C20H25N3O3. The molecule has 1 spiro atoms. The molecule has 4 rings (SSSR count). The van der Waals surface area contributed by atoms with Crippen molar-refractivity contribution in [3.05, 3.63) is 54.2 Å². The number of carbonyl (C=O) groups is 1. The number of ether oxygens (including phenoxy) is 1. The van der Waals surface area contributed by atoms with Crippen LogP contribution in [0.15, 0.2) is 47.3 Å². The summed E-state index contributed by atoms with van der Waals surface area (Å²) in [6.07, 6.45) is 8.41. The minimum atomic E-state index is -0.150. The number of carbonyl (C=O) groups excluding carboxylic acids is 1. The Morgan fingerprint density at radius 3 is 2.88 bits per heavy atom. The number of amides is 1. The molecule has 2 aliphatic rings. The molecule has 6 nitrogen and oxygen atoms in total. The normalized spacial score (nSPS) is 23.0. The molecular weight excluding hydrogens is 330 g/mol. The van der Waals surface area contributed by atoms with E-state index in [1.807, 2.05) is 18.5 Å². The monoisotopic (exact) mass is 355 g/mol. The maximum atomic E-state index is 12.4. The van der Waals surface area contributed by atoms with Crippen molar-refractivity contribution in [2.45, 2.75) is 31.8 Å². The Morgan fingerprint density at radius 2 is 2.15 bits per heavy atom. The molecule has 2 saturated heterocycles. The minimum Gasteiger partial charge on any atom is -0.459 e. The van der Waals surface area contributed by atoms with E-state index in [0.717, 1.165) is 45.5 Å². The molecule has 2 aliphatic heterocycles. The second kappa shape index (κ2) is 7.60. The quantitative estimate of drug-likeness (QED) is 0.913. The van der Waals surface area contributed by atoms with Crippen molar-refractivity contribution in [1.29, 1.82) is 0 Å². The first-order chi connectivity index (χ1) is 12.8. The Balaban J connectivity index is 1.39. The van der Waals surface area contributed by atoms with E-state index in [-0.39, 0.29) is 17.4 Å². The van der Waals surface area contributed by atoms with Crippen molar-refractivity contribution in [2.75, 3.05) is 26.3 Å². The zero-order chi connectivity index (χ0) is 17.8. The fraction of sp³-hybridized carbons (Fsp3) is 0.500. The van der Waals surface area contributed by atoms with Gasteiger partial charge in [-0.1, -0.05) is 6.07 Å². The van der Waals surface area contributed by atoms with Crippen LogP contribution in [0.5, 0.6) is 0 Å². The van der Waals surface area contributed by atoms with Gasteiger partial charge >= 0.3 is 0 Å². The van der Waals surface area contributed by atoms with Gasteiger partial charge in [-0.2, -0.15) is 0 Å². The van der Waals surface area contributed by atoms with E-state index < -0.39 is 0 Å². The Bertz CT molecular complexity index is 709. The molecule has 1 N–H and O–H groups in total. The van der Waals surface area contributed by atoms with Crippen LogP contribution in [0.25, 0.3) is 0 Å². The van der Waals surface area contributed by atoms with Gasteiger partial charge in [0.15, 0.2) is 5.76 Å². The van der Waals surface area contributed by atoms with Gasteiger partial charge in [0.1, 0.15) is 0 Å². The molecule has 1 unspecified atom stereocenters. The molecule has 26 heavy (non-hydrogen) atoms. The fourth-order valence-electron chi connectivity index (χ4n) is 4.16. The van der Waals surface area contributed by atoms with Gasteiger partial charge in [-0.3, -0.25) is 14.7 Å². The molecule has 0 radical (unpaired) electrons. The second-order valence-electron chi connectivity index (χ2n) is 7.33. The predicted molar refractivity (Wildman–Crippen MR) is 96.6 cm³/mol. The SMILES string of the molecule is O=C(NC1COCCC12CCN(Cc1cccnc1)CC2)c1ccco1. The molecule has 6 heteroatoms. The van der Waals surface area contributed by atoms with E-state index in [4.69, 9.17) is 9.15 Å². The maximum Gasteiger partial charge on any atom is 0.287 e. The summed E-state index contributed by atoms with van der Waals surface area (Å²) in [4.78, 5) is 19.1. The van der Waals surface area contributed by atoms with E-state index in [1.54, 1.807) is 12.1 Å². The van der Waals surface area contributed by atoms with Crippen LogP contribution in [0.2, 0.25) is 0 Å². The topological polar surface area (TPSA) is 67.6 Å². The second-order valence-corrected chi connectivity index (χ2v) is 7.33. The molecule has 0 aliphatic carbocycles. The first kappa shape index (κ1) is 17.2. The summed E-state index contributed by atoms with van der Waals surface area (Å²) >= 11 is 0. The van der Waals surface area contributed by atoms with Gasteiger partial charge in [-0.25, -0.2) is 0 Å². The largest absolute Gasteiger partial charge is 0.459 e. The van der Waals surface area contributed by atoms with Crippen molar-refractivity contribution < 1.29 is 13.9 Å². The number of hydrogen-bond acceptors (Lipinski definition) is 5. The van der Waals surface area contributed by atoms with Crippen LogP contribution >= 0.6 is 0 Å². The molecule has 0 aromatic carbocycles. The van der Waals surface area contributed by atoms with Gasteiger partial charge in [0.2, 0.25) is 0 Å². The summed E-state index contributed by atoms with van der Waals surface area (Å²) in [6.45, 7) is 4.35. The van der Waals surface area contributed by atoms with Gasteiger partial charge in [0.25, 0.3) is 5.91 Å². The first-order valence-corrected chi connectivity index (χ1v) is 9.29. The van der Waals surface area contributed by atoms with Crippen molar-refractivity contribution in [1.82, 2.24) is 15.2 Å². The zero-order valence-corrected chi connectivity index (χ0v) is 14.9. The van der Waals surface area contributed by atoms with Gasteiger partial charge in [-0.15, -0.1) is 0 Å². The van der Waals surface area contributed by atoms with E-state index >= 15 is 0 Å². The zero-order valence-electron chi connectivity index (χ0n) is 14.9. The number of rotatable bonds is 4. The third kappa shape index (κ3) is 3.66. The molecule has 4 heterocycles. The Labute approximate surface area is 153 Å². The van der Waals surface area contributed by atoms with E-state index in [0.29, 0.717) is 12.4 Å². The van der Waals surface area contributed by atoms with Gasteiger partial charge in [0.05, 0.1) is 18.9 Å². The maximum absolute atomic E-state index is 12.4. The molecule has 2 aromatic heterocycles. The smallest absolute Gasteiger partial charge is 0.287 e. The lowest BCUT2D eigenvalue weighted by Gasteiger charge is -2.49. The highest BCUT2D eigenvalue weighted by molar-refractivity contribution is 5.91. The van der Waals surface area contributed by atoms with Gasteiger partial charge in [-0.05, 0) is 61.5 Å². The summed E-state index contributed by atoms with van der Waals surface area (Å²) < 4.78 is 10.9. The van der Waals surface area contributed by atoms with Crippen molar-refractivity contribution in [2.24, 2.45) is 5.41 Å². The number of piperidine rings is 1. The molecule has 2 aromatic rings. The number of nitrogens with zero attached hydrogens (tertiary/aromatic N) is 2. The van der Waals surface area contributed by atoms with Crippen molar-refractivity contribution >= 4 is 5.91 Å². The summed E-state index contributed by atoms with van der Waals surface area (Å²) in [7, 11) is 0. The fourth-order valence-corrected chi connectivity index (χ4v) is 4.16. The highest BCUT2D eigenvalue weighted by Gasteiger charge is 2.44. The number of furan rings is 1. The van der Waals surface area contributed by atoms with Crippen LogP contribution in [0.1, 0.15) is 35.4 Å². The van der Waals surface area contributed by atoms with Crippen LogP contribution in [-0.4, -0.2) is 48.1 Å². The van der Waals surface area contributed by atoms with Gasteiger partial charge < -0.3 is 14.5 Å². The van der Waals surface area contributed by atoms with Crippen LogP contribution in [0.4, 0.5) is 0 Å². The van der Waals surface area contributed by atoms with Crippen molar-refractivity contribution in [3.63, 3.8) is 0 Å². The lowest BCUT2D eigenvalue weighted by atomic mass is 9.69. The molecule has 0 saturated carbocycles. The summed E-state index contributed by atoms with van der Waals surface area (Å²) in [6, 6.07) is 7.58. The summed E-state index contributed by atoms with van der Waals surface area (Å²) in [5.74, 6) is 0.211. The number of aromatic nitrogens is 1. The van der Waals surface area contributed by atoms with E-state index in [1.165, 1.54) is 11.8 Å². The Morgan fingerprint density at radius 1 is 1.27 bits per heavy atom. The molecule has 138 valence electrons. The molecule has 2 fully saturated rings. The number of hydrogen-bond donors (Lipinski definition) is 1. The lowest BCUT2D eigenvalue weighted by Crippen LogP contribution is -2.57. The number of likely N-dealkylation sites (tertiary alicyclic amines) is 1. The molecule has 0 bridgehead atoms. The number of nitrogens with one attached hydrogen (secondary N) is 1. The predicted octanol–water partition coefficient (Wildman–Crippen LogP) is 2.48. The van der Waals surface area contributed by atoms with Crippen LogP contribution in [0.3, 0.4) is 0 Å². The minimum absolute atomic E-state index is 0.0365. The highest BCUT2D eigenvalue weighted by atomic mass is 16.5. The van der Waals surface area contributed by atoms with E-state index in [9.17, 15) is 4.79 Å². The van der Waals surface area contributed by atoms with Crippen LogP contribution in [-0.2, 0) is 11.3 Å². The Hall–Kier alpha value is -2.18. The molecule has 1 atom stereocenters. The lowest BCUT2D eigenvalue weighted by molar-refractivity contribution is -0.0491. The average molecular weight is 355 g/mol. The third-order valence-corrected chi connectivity index (χ3v) is 5.80. The van der Waals surface area contributed by atoms with Gasteiger partial charge in [0, 0.05) is 25.5 Å². The Kier molecular flexibility index (Phi) is 5.04. The summed E-state index contributed by atoms with van der Waals surface area (Å²) in [5.41, 5.74) is 1.37. The first-order valence-electron chi connectivity index (χ1n) is 9.29. The number of pyridine rings is 1. The highest BCUT2D eigenvalue weighted by Crippen LogP contribution is 2.41. The summed E-state index contributed by atoms with van der Waals surface area (Å²) in [5, 5.41) is 3.16. The average Bonchev–Trinajstić information content (AvgIpc) is 3.21. The standard InChI is InChI=1S/C20H25N3O3/c24-19(17-4-2-11-26-17)22-18-15-25-12-7-20(18)5-9-23(10-6-20)14-16-3-1-8-21-13-16/h1-4,8,11,13,18H,5-7,9-10,12,14-15H2,(H,22,24). The van der Waals surface area contributed by atoms with Crippen LogP contribution in [0, 0.1) is 5.41 Å². The molecule has 1 amide bonds. The van der Waals surface area contributed by atoms with Crippen LogP contribution < -0.4 is 5.32 Å². The third-order valence-electron chi connectivity index (χ3n) is 5.80. The van der Waals surface area contributed by atoms with Crippen molar-refractivity contribution in [3.8, 4) is 0 Å².